The lowest BCUT2D eigenvalue weighted by atomic mass is 9.94. The monoisotopic (exact) mass is 368 g/mol. The fourth-order valence-corrected chi connectivity index (χ4v) is 3.94. The Morgan fingerprint density at radius 2 is 2.00 bits per heavy atom. The largest absolute Gasteiger partial charge is 0.361 e. The van der Waals surface area contributed by atoms with Crippen LogP contribution >= 0.6 is 0 Å². The summed E-state index contributed by atoms with van der Waals surface area (Å²) >= 11 is 0. The van der Waals surface area contributed by atoms with Crippen LogP contribution in [0.4, 0.5) is 5.69 Å². The third-order valence-electron chi connectivity index (χ3n) is 5.40. The van der Waals surface area contributed by atoms with Crippen LogP contribution in [0.3, 0.4) is 0 Å². The Morgan fingerprint density at radius 3 is 2.74 bits per heavy atom. The molecule has 0 radical (unpaired) electrons. The number of benzene rings is 1. The lowest BCUT2D eigenvalue weighted by Gasteiger charge is -2.42. The third-order valence-corrected chi connectivity index (χ3v) is 5.40. The van der Waals surface area contributed by atoms with Gasteiger partial charge < -0.3 is 19.1 Å². The molecule has 4 rings (SSSR count). The molecule has 1 spiro atoms. The van der Waals surface area contributed by atoms with Gasteiger partial charge in [-0.05, 0) is 31.4 Å². The normalized spacial score (nSPS) is 23.5. The van der Waals surface area contributed by atoms with Crippen molar-refractivity contribution in [3.05, 3.63) is 48.5 Å². The van der Waals surface area contributed by atoms with Gasteiger partial charge in [0.25, 0.3) is 11.8 Å². The van der Waals surface area contributed by atoms with Crippen LogP contribution < -0.4 is 4.90 Å². The smallest absolute Gasteiger partial charge is 0.290 e. The van der Waals surface area contributed by atoms with Gasteiger partial charge in [0, 0.05) is 38.2 Å². The number of carbonyl (C=O) groups is 2. The number of ether oxygens (including phenoxy) is 1. The van der Waals surface area contributed by atoms with Gasteiger partial charge >= 0.3 is 0 Å². The van der Waals surface area contributed by atoms with Crippen molar-refractivity contribution in [1.82, 2.24) is 14.5 Å². The van der Waals surface area contributed by atoms with E-state index in [9.17, 15) is 9.59 Å². The van der Waals surface area contributed by atoms with Gasteiger partial charge in [0.15, 0.2) is 11.4 Å². The number of morpholine rings is 1. The first-order valence-electron chi connectivity index (χ1n) is 9.38. The van der Waals surface area contributed by atoms with Crippen molar-refractivity contribution in [2.24, 2.45) is 7.05 Å². The molecular formula is C20H24N4O3. The lowest BCUT2D eigenvalue weighted by Crippen LogP contribution is -2.61. The van der Waals surface area contributed by atoms with Gasteiger partial charge in [-0.1, -0.05) is 18.2 Å². The number of para-hydroxylation sites is 1. The number of carbonyl (C=O) groups excluding carboxylic acids is 2. The number of aryl methyl sites for hydroxylation is 1. The van der Waals surface area contributed by atoms with E-state index < -0.39 is 5.60 Å². The number of aromatic nitrogens is 2. The summed E-state index contributed by atoms with van der Waals surface area (Å²) in [7, 11) is 1.80. The van der Waals surface area contributed by atoms with Gasteiger partial charge in [-0.15, -0.1) is 0 Å². The number of imidazole rings is 1. The summed E-state index contributed by atoms with van der Waals surface area (Å²) in [5.74, 6) is 0.171. The maximum atomic E-state index is 13.5. The van der Waals surface area contributed by atoms with Crippen molar-refractivity contribution in [2.75, 3.05) is 31.1 Å². The summed E-state index contributed by atoms with van der Waals surface area (Å²) in [6.45, 7) is 1.75. The van der Waals surface area contributed by atoms with Gasteiger partial charge in [0.05, 0.1) is 13.2 Å². The molecule has 0 aliphatic carbocycles. The first-order chi connectivity index (χ1) is 13.1. The molecule has 1 unspecified atom stereocenters. The highest BCUT2D eigenvalue weighted by Crippen LogP contribution is 2.32. The van der Waals surface area contributed by atoms with Crippen LogP contribution in [-0.4, -0.2) is 58.1 Å². The highest BCUT2D eigenvalue weighted by atomic mass is 16.5. The molecule has 2 aromatic rings. The molecule has 2 aliphatic heterocycles. The van der Waals surface area contributed by atoms with E-state index in [2.05, 4.69) is 4.98 Å². The quantitative estimate of drug-likeness (QED) is 0.811. The van der Waals surface area contributed by atoms with E-state index in [0.717, 1.165) is 18.5 Å². The van der Waals surface area contributed by atoms with Gasteiger partial charge in [0.1, 0.15) is 0 Å². The molecule has 7 heteroatoms. The molecule has 1 aromatic carbocycles. The van der Waals surface area contributed by atoms with Crippen molar-refractivity contribution in [1.29, 1.82) is 0 Å². The molecule has 2 saturated heterocycles. The van der Waals surface area contributed by atoms with Crippen LogP contribution in [-0.2, 0) is 16.6 Å². The molecule has 142 valence electrons. The second-order valence-electron chi connectivity index (χ2n) is 7.18. The van der Waals surface area contributed by atoms with E-state index in [-0.39, 0.29) is 18.4 Å². The molecule has 0 saturated carbocycles. The summed E-state index contributed by atoms with van der Waals surface area (Å²) in [6.07, 6.45) is 5.78. The SMILES string of the molecule is Cn1ccnc1C(=O)N1CCOC2(CCCCN(c3ccccc3)C2=O)C1. The molecule has 2 aliphatic rings. The minimum atomic E-state index is -0.981. The number of rotatable bonds is 2. The standard InChI is InChI=1S/C20H24N4O3/c1-22-12-10-21-17(22)18(25)23-13-14-27-20(15-23)9-5-6-11-24(19(20)26)16-7-3-2-4-8-16/h2-4,7-8,10,12H,5-6,9,11,13-15H2,1H3. The molecule has 2 fully saturated rings. The fourth-order valence-electron chi connectivity index (χ4n) is 3.94. The Hall–Kier alpha value is -2.67. The average molecular weight is 368 g/mol. The zero-order chi connectivity index (χ0) is 18.9. The predicted molar refractivity (Wildman–Crippen MR) is 100 cm³/mol. The maximum absolute atomic E-state index is 13.5. The van der Waals surface area contributed by atoms with E-state index in [4.69, 9.17) is 4.74 Å². The van der Waals surface area contributed by atoms with Crippen LogP contribution in [0.5, 0.6) is 0 Å². The number of hydrogen-bond acceptors (Lipinski definition) is 4. The number of hydrogen-bond donors (Lipinski definition) is 0. The van der Waals surface area contributed by atoms with Crippen molar-refractivity contribution in [3.63, 3.8) is 0 Å². The zero-order valence-corrected chi connectivity index (χ0v) is 15.5. The van der Waals surface area contributed by atoms with Gasteiger partial charge in [-0.3, -0.25) is 9.59 Å². The predicted octanol–water partition coefficient (Wildman–Crippen LogP) is 1.85. The van der Waals surface area contributed by atoms with E-state index in [1.54, 1.807) is 28.9 Å². The topological polar surface area (TPSA) is 67.7 Å². The molecule has 7 nitrogen and oxygen atoms in total. The Morgan fingerprint density at radius 1 is 1.19 bits per heavy atom. The molecule has 2 amide bonds. The number of amides is 2. The summed E-state index contributed by atoms with van der Waals surface area (Å²) in [4.78, 5) is 34.1. The van der Waals surface area contributed by atoms with Gasteiger partial charge in [0.2, 0.25) is 0 Å². The van der Waals surface area contributed by atoms with Gasteiger partial charge in [-0.25, -0.2) is 4.98 Å². The highest BCUT2D eigenvalue weighted by Gasteiger charge is 2.48. The molecule has 3 heterocycles. The Bertz CT molecular complexity index is 835. The van der Waals surface area contributed by atoms with E-state index in [1.807, 2.05) is 35.2 Å². The molecule has 0 N–H and O–H groups in total. The highest BCUT2D eigenvalue weighted by molar-refractivity contribution is 6.01. The molecule has 27 heavy (non-hydrogen) atoms. The Balaban J connectivity index is 1.61. The van der Waals surface area contributed by atoms with Crippen molar-refractivity contribution < 1.29 is 14.3 Å². The molecule has 1 atom stereocenters. The first-order valence-corrected chi connectivity index (χ1v) is 9.38. The van der Waals surface area contributed by atoms with Crippen molar-refractivity contribution in [3.8, 4) is 0 Å². The van der Waals surface area contributed by atoms with Crippen molar-refractivity contribution >= 4 is 17.5 Å². The second kappa shape index (κ2) is 7.15. The fraction of sp³-hybridized carbons (Fsp3) is 0.450. The van der Waals surface area contributed by atoms with Crippen LogP contribution in [0.1, 0.15) is 29.9 Å². The average Bonchev–Trinajstić information content (AvgIpc) is 3.07. The summed E-state index contributed by atoms with van der Waals surface area (Å²) in [5, 5.41) is 0. The summed E-state index contributed by atoms with van der Waals surface area (Å²) in [5.41, 5.74) is -0.106. The molecular weight excluding hydrogens is 344 g/mol. The first kappa shape index (κ1) is 17.7. The Labute approximate surface area is 158 Å². The van der Waals surface area contributed by atoms with Crippen LogP contribution in [0.2, 0.25) is 0 Å². The number of anilines is 1. The molecule has 0 bridgehead atoms. The van der Waals surface area contributed by atoms with E-state index in [0.29, 0.717) is 31.9 Å². The van der Waals surface area contributed by atoms with E-state index in [1.165, 1.54) is 0 Å². The van der Waals surface area contributed by atoms with Crippen LogP contribution in [0, 0.1) is 0 Å². The molecule has 1 aromatic heterocycles. The van der Waals surface area contributed by atoms with Crippen LogP contribution in [0.25, 0.3) is 0 Å². The minimum Gasteiger partial charge on any atom is -0.361 e. The third kappa shape index (κ3) is 3.23. The maximum Gasteiger partial charge on any atom is 0.290 e. The van der Waals surface area contributed by atoms with Crippen molar-refractivity contribution in [2.45, 2.75) is 24.9 Å². The summed E-state index contributed by atoms with van der Waals surface area (Å²) < 4.78 is 7.77. The lowest BCUT2D eigenvalue weighted by molar-refractivity contribution is -0.155. The van der Waals surface area contributed by atoms with Crippen LogP contribution in [0.15, 0.2) is 42.7 Å². The van der Waals surface area contributed by atoms with Gasteiger partial charge in [-0.2, -0.15) is 0 Å². The zero-order valence-electron chi connectivity index (χ0n) is 15.5. The minimum absolute atomic E-state index is 0.0523. The van der Waals surface area contributed by atoms with E-state index >= 15 is 0 Å². The Kier molecular flexibility index (Phi) is 4.70. The second-order valence-corrected chi connectivity index (χ2v) is 7.18. The summed E-state index contributed by atoms with van der Waals surface area (Å²) in [6, 6.07) is 9.68. The number of nitrogens with zero attached hydrogens (tertiary/aromatic N) is 4.